The third-order valence-corrected chi connectivity index (χ3v) is 3.32. The van der Waals surface area contributed by atoms with Gasteiger partial charge in [0, 0.05) is 11.6 Å². The van der Waals surface area contributed by atoms with Crippen molar-refractivity contribution in [2.75, 3.05) is 21.3 Å². The fourth-order valence-electron chi connectivity index (χ4n) is 2.36. The average molecular weight is 293 g/mol. The van der Waals surface area contributed by atoms with E-state index in [1.807, 2.05) is 0 Å². The molecule has 0 amide bonds. The molecule has 0 fully saturated rings. The molecule has 1 N–H and O–H groups in total. The summed E-state index contributed by atoms with van der Waals surface area (Å²) in [5, 5.41) is 3.02. The number of methoxy groups -OCH3 is 2. The van der Waals surface area contributed by atoms with Crippen molar-refractivity contribution >= 4 is 0 Å². The van der Waals surface area contributed by atoms with Gasteiger partial charge in [-0.2, -0.15) is 0 Å². The maximum Gasteiger partial charge on any atom is 0.131 e. The first-order valence-corrected chi connectivity index (χ1v) is 6.45. The standard InChI is InChI=1S/C16H17F2NO2/c1-19-16(11-8-7-10(17)9-12(11)18)15-13(20-2)5-4-6-14(15)21-3/h4-9,16,19H,1-3H3. The number of nitrogens with one attached hydrogen (secondary N) is 1. The van der Waals surface area contributed by atoms with Gasteiger partial charge in [-0.05, 0) is 25.2 Å². The first-order valence-electron chi connectivity index (χ1n) is 6.45. The van der Waals surface area contributed by atoms with E-state index in [-0.39, 0.29) is 0 Å². The number of halogens is 2. The zero-order chi connectivity index (χ0) is 15.4. The molecule has 0 heterocycles. The summed E-state index contributed by atoms with van der Waals surface area (Å²) in [6.07, 6.45) is 0. The van der Waals surface area contributed by atoms with Crippen molar-refractivity contribution in [2.45, 2.75) is 6.04 Å². The number of ether oxygens (including phenoxy) is 2. The zero-order valence-corrected chi connectivity index (χ0v) is 12.1. The molecular formula is C16H17F2NO2. The molecule has 0 aliphatic heterocycles. The van der Waals surface area contributed by atoms with Crippen molar-refractivity contribution in [1.82, 2.24) is 5.32 Å². The van der Waals surface area contributed by atoms with Gasteiger partial charge in [0.05, 0.1) is 25.8 Å². The highest BCUT2D eigenvalue weighted by Crippen LogP contribution is 2.37. The predicted octanol–water partition coefficient (Wildman–Crippen LogP) is 3.29. The molecule has 21 heavy (non-hydrogen) atoms. The fraction of sp³-hybridized carbons (Fsp3) is 0.250. The van der Waals surface area contributed by atoms with Crippen LogP contribution in [-0.2, 0) is 0 Å². The van der Waals surface area contributed by atoms with Crippen LogP contribution in [0.25, 0.3) is 0 Å². The van der Waals surface area contributed by atoms with Gasteiger partial charge in [-0.1, -0.05) is 12.1 Å². The lowest BCUT2D eigenvalue weighted by Gasteiger charge is -2.22. The number of hydrogen-bond acceptors (Lipinski definition) is 3. The highest BCUT2D eigenvalue weighted by atomic mass is 19.1. The molecule has 0 aliphatic rings. The molecule has 0 spiro atoms. The largest absolute Gasteiger partial charge is 0.496 e. The van der Waals surface area contributed by atoms with Gasteiger partial charge in [0.25, 0.3) is 0 Å². The highest BCUT2D eigenvalue weighted by Gasteiger charge is 2.24. The quantitative estimate of drug-likeness (QED) is 0.917. The lowest BCUT2D eigenvalue weighted by atomic mass is 9.96. The monoisotopic (exact) mass is 293 g/mol. The molecule has 0 aliphatic carbocycles. The van der Waals surface area contributed by atoms with Crippen LogP contribution in [0.1, 0.15) is 17.2 Å². The lowest BCUT2D eigenvalue weighted by Crippen LogP contribution is -2.20. The van der Waals surface area contributed by atoms with Crippen LogP contribution >= 0.6 is 0 Å². The average Bonchev–Trinajstić information content (AvgIpc) is 2.49. The summed E-state index contributed by atoms with van der Waals surface area (Å²) in [5.41, 5.74) is 0.984. The molecule has 0 radical (unpaired) electrons. The van der Waals surface area contributed by atoms with Gasteiger partial charge in [0.2, 0.25) is 0 Å². The van der Waals surface area contributed by atoms with E-state index in [1.54, 1.807) is 25.2 Å². The van der Waals surface area contributed by atoms with Gasteiger partial charge in [-0.3, -0.25) is 0 Å². The van der Waals surface area contributed by atoms with Gasteiger partial charge in [0.1, 0.15) is 23.1 Å². The van der Waals surface area contributed by atoms with E-state index in [2.05, 4.69) is 5.32 Å². The second-order valence-corrected chi connectivity index (χ2v) is 4.46. The van der Waals surface area contributed by atoms with Gasteiger partial charge in [-0.25, -0.2) is 8.78 Å². The fourth-order valence-corrected chi connectivity index (χ4v) is 2.36. The van der Waals surface area contributed by atoms with E-state index in [0.717, 1.165) is 6.07 Å². The van der Waals surface area contributed by atoms with E-state index >= 15 is 0 Å². The topological polar surface area (TPSA) is 30.5 Å². The summed E-state index contributed by atoms with van der Waals surface area (Å²) in [6, 6.07) is 8.31. The van der Waals surface area contributed by atoms with Crippen LogP contribution in [0.3, 0.4) is 0 Å². The summed E-state index contributed by atoms with van der Waals surface area (Å²) in [7, 11) is 4.76. The molecule has 0 saturated heterocycles. The molecule has 1 unspecified atom stereocenters. The minimum absolute atomic E-state index is 0.321. The molecule has 0 aromatic heterocycles. The molecule has 1 atom stereocenters. The minimum atomic E-state index is -0.623. The first kappa shape index (κ1) is 15.3. The van der Waals surface area contributed by atoms with Gasteiger partial charge >= 0.3 is 0 Å². The summed E-state index contributed by atoms with van der Waals surface area (Å²) < 4.78 is 37.9. The van der Waals surface area contributed by atoms with E-state index in [1.165, 1.54) is 26.4 Å². The third-order valence-electron chi connectivity index (χ3n) is 3.32. The molecule has 0 bridgehead atoms. The van der Waals surface area contributed by atoms with E-state index in [4.69, 9.17) is 9.47 Å². The molecular weight excluding hydrogens is 276 g/mol. The first-order chi connectivity index (χ1) is 10.1. The Hall–Kier alpha value is -2.14. The van der Waals surface area contributed by atoms with Crippen LogP contribution in [0.4, 0.5) is 8.78 Å². The molecule has 112 valence electrons. The van der Waals surface area contributed by atoms with E-state index < -0.39 is 17.7 Å². The van der Waals surface area contributed by atoms with Crippen molar-refractivity contribution in [2.24, 2.45) is 0 Å². The second kappa shape index (κ2) is 6.54. The third kappa shape index (κ3) is 2.97. The number of benzene rings is 2. The van der Waals surface area contributed by atoms with Gasteiger partial charge in [0.15, 0.2) is 0 Å². The Bertz CT molecular complexity index is 609. The second-order valence-electron chi connectivity index (χ2n) is 4.46. The Morgan fingerprint density at radius 3 is 2.10 bits per heavy atom. The van der Waals surface area contributed by atoms with Crippen LogP contribution in [-0.4, -0.2) is 21.3 Å². The Labute approximate surface area is 122 Å². The summed E-state index contributed by atoms with van der Waals surface area (Å²) in [4.78, 5) is 0. The maximum atomic E-state index is 14.1. The Kier molecular flexibility index (Phi) is 4.75. The van der Waals surface area contributed by atoms with Crippen LogP contribution in [0, 0.1) is 11.6 Å². The van der Waals surface area contributed by atoms with Crippen molar-refractivity contribution in [3.05, 3.63) is 59.2 Å². The van der Waals surface area contributed by atoms with Crippen molar-refractivity contribution < 1.29 is 18.3 Å². The SMILES string of the molecule is CNC(c1ccc(F)cc1F)c1c(OC)cccc1OC. The van der Waals surface area contributed by atoms with Crippen molar-refractivity contribution in [3.8, 4) is 11.5 Å². The molecule has 5 heteroatoms. The van der Waals surface area contributed by atoms with Crippen LogP contribution in [0.5, 0.6) is 11.5 Å². The molecule has 2 rings (SSSR count). The summed E-state index contributed by atoms with van der Waals surface area (Å²) in [5.74, 6) is -0.102. The molecule has 3 nitrogen and oxygen atoms in total. The molecule has 2 aromatic carbocycles. The Balaban J connectivity index is 2.61. The van der Waals surface area contributed by atoms with Crippen molar-refractivity contribution in [3.63, 3.8) is 0 Å². The van der Waals surface area contributed by atoms with Gasteiger partial charge < -0.3 is 14.8 Å². The predicted molar refractivity (Wildman–Crippen MR) is 76.8 cm³/mol. The summed E-state index contributed by atoms with van der Waals surface area (Å²) in [6.45, 7) is 0. The number of rotatable bonds is 5. The maximum absolute atomic E-state index is 14.1. The smallest absolute Gasteiger partial charge is 0.131 e. The highest BCUT2D eigenvalue weighted by molar-refractivity contribution is 5.50. The van der Waals surface area contributed by atoms with E-state index in [9.17, 15) is 8.78 Å². The van der Waals surface area contributed by atoms with E-state index in [0.29, 0.717) is 22.6 Å². The molecule has 2 aromatic rings. The van der Waals surface area contributed by atoms with Crippen molar-refractivity contribution in [1.29, 1.82) is 0 Å². The Morgan fingerprint density at radius 1 is 1.00 bits per heavy atom. The van der Waals surface area contributed by atoms with Crippen LogP contribution < -0.4 is 14.8 Å². The Morgan fingerprint density at radius 2 is 1.62 bits per heavy atom. The van der Waals surface area contributed by atoms with Gasteiger partial charge in [-0.15, -0.1) is 0 Å². The normalized spacial score (nSPS) is 12.0. The number of hydrogen-bond donors (Lipinski definition) is 1. The zero-order valence-electron chi connectivity index (χ0n) is 12.1. The minimum Gasteiger partial charge on any atom is -0.496 e. The molecule has 0 saturated carbocycles. The van der Waals surface area contributed by atoms with Crippen LogP contribution in [0.2, 0.25) is 0 Å². The van der Waals surface area contributed by atoms with Crippen LogP contribution in [0.15, 0.2) is 36.4 Å². The lowest BCUT2D eigenvalue weighted by molar-refractivity contribution is 0.377. The summed E-state index contributed by atoms with van der Waals surface area (Å²) >= 11 is 0.